The molecule has 0 aliphatic heterocycles. The zero-order valence-corrected chi connectivity index (χ0v) is 12.9. The Kier molecular flexibility index (Phi) is 5.08. The quantitative estimate of drug-likeness (QED) is 0.642. The largest absolute Gasteiger partial charge is 0.487 e. The minimum absolute atomic E-state index is 0.249. The minimum atomic E-state index is -0.288. The van der Waals surface area contributed by atoms with Crippen LogP contribution in [0.5, 0.6) is 5.75 Å². The molecule has 100 valence electrons. The number of ether oxygens (including phenoxy) is 1. The van der Waals surface area contributed by atoms with Gasteiger partial charge in [-0.1, -0.05) is 51.3 Å². The molecule has 0 spiro atoms. The van der Waals surface area contributed by atoms with E-state index < -0.39 is 0 Å². The van der Waals surface area contributed by atoms with Crippen molar-refractivity contribution in [1.82, 2.24) is 0 Å². The molecule has 2 rings (SSSR count). The second-order valence-corrected chi connectivity index (χ2v) is 5.33. The first-order valence-electron chi connectivity index (χ1n) is 5.51. The van der Waals surface area contributed by atoms with Gasteiger partial charge in [-0.25, -0.2) is 4.39 Å². The topological polar surface area (TPSA) is 9.23 Å². The maximum atomic E-state index is 13.1. The molecule has 0 unspecified atom stereocenters. The first-order valence-corrected chi connectivity index (χ1v) is 7.39. The van der Waals surface area contributed by atoms with Crippen molar-refractivity contribution >= 4 is 39.1 Å². The third-order valence-corrected chi connectivity index (χ3v) is 3.60. The summed E-state index contributed by atoms with van der Waals surface area (Å²) in [5.41, 5.74) is 1.60. The first kappa shape index (κ1) is 14.6. The number of hydrogen-bond donors (Lipinski definition) is 0. The fraction of sp³-hybridized carbons (Fsp3) is 0.143. The van der Waals surface area contributed by atoms with Crippen LogP contribution in [0.3, 0.4) is 0 Å². The fourth-order valence-corrected chi connectivity index (χ4v) is 2.66. The Balaban J connectivity index is 2.19. The van der Waals surface area contributed by atoms with Crippen LogP contribution < -0.4 is 4.74 Å². The van der Waals surface area contributed by atoms with Crippen molar-refractivity contribution in [3.05, 3.63) is 63.4 Å². The average molecular weight is 364 g/mol. The summed E-state index contributed by atoms with van der Waals surface area (Å²) < 4.78 is 18.7. The molecular formula is C14H10BrCl2FO. The van der Waals surface area contributed by atoms with Gasteiger partial charge in [0.1, 0.15) is 18.2 Å². The highest BCUT2D eigenvalue weighted by atomic mass is 79.9. The SMILES string of the molecule is Fc1cccc(COc2c(Cl)cc(Cl)cc2CBr)c1. The summed E-state index contributed by atoms with van der Waals surface area (Å²) >= 11 is 15.4. The van der Waals surface area contributed by atoms with Crippen LogP contribution in [0.25, 0.3) is 0 Å². The Hall–Kier alpha value is -0.770. The van der Waals surface area contributed by atoms with Gasteiger partial charge in [-0.05, 0) is 29.8 Å². The lowest BCUT2D eigenvalue weighted by atomic mass is 10.2. The average Bonchev–Trinajstić information content (AvgIpc) is 2.37. The molecule has 0 radical (unpaired) electrons. The van der Waals surface area contributed by atoms with Crippen LogP contribution in [0, 0.1) is 5.82 Å². The van der Waals surface area contributed by atoms with Gasteiger partial charge in [-0.2, -0.15) is 0 Å². The lowest BCUT2D eigenvalue weighted by Gasteiger charge is -2.12. The third kappa shape index (κ3) is 3.85. The molecule has 0 amide bonds. The molecule has 5 heteroatoms. The van der Waals surface area contributed by atoms with Crippen molar-refractivity contribution in [3.63, 3.8) is 0 Å². The molecule has 0 atom stereocenters. The number of hydrogen-bond acceptors (Lipinski definition) is 1. The van der Waals surface area contributed by atoms with E-state index in [1.807, 2.05) is 0 Å². The molecule has 0 aliphatic rings. The van der Waals surface area contributed by atoms with E-state index >= 15 is 0 Å². The highest BCUT2D eigenvalue weighted by molar-refractivity contribution is 9.08. The molecule has 0 saturated heterocycles. The Labute approximate surface area is 129 Å². The van der Waals surface area contributed by atoms with Gasteiger partial charge in [-0.15, -0.1) is 0 Å². The summed E-state index contributed by atoms with van der Waals surface area (Å²) in [6.07, 6.45) is 0. The van der Waals surface area contributed by atoms with Crippen molar-refractivity contribution in [2.75, 3.05) is 0 Å². The highest BCUT2D eigenvalue weighted by Crippen LogP contribution is 2.34. The van der Waals surface area contributed by atoms with Gasteiger partial charge in [0.2, 0.25) is 0 Å². The summed E-state index contributed by atoms with van der Waals surface area (Å²) in [5.74, 6) is 0.274. The number of rotatable bonds is 4. The van der Waals surface area contributed by atoms with Gasteiger partial charge in [-0.3, -0.25) is 0 Å². The molecule has 0 fully saturated rings. The van der Waals surface area contributed by atoms with Crippen LogP contribution in [-0.2, 0) is 11.9 Å². The van der Waals surface area contributed by atoms with Crippen LogP contribution >= 0.6 is 39.1 Å². The van der Waals surface area contributed by atoms with Gasteiger partial charge in [0, 0.05) is 15.9 Å². The minimum Gasteiger partial charge on any atom is -0.487 e. The van der Waals surface area contributed by atoms with Crippen LogP contribution in [0.1, 0.15) is 11.1 Å². The normalized spacial score (nSPS) is 10.5. The van der Waals surface area contributed by atoms with Gasteiger partial charge >= 0.3 is 0 Å². The van der Waals surface area contributed by atoms with Crippen LogP contribution in [-0.4, -0.2) is 0 Å². The molecule has 0 N–H and O–H groups in total. The Morgan fingerprint density at radius 3 is 2.63 bits per heavy atom. The van der Waals surface area contributed by atoms with E-state index in [1.54, 1.807) is 24.3 Å². The Morgan fingerprint density at radius 1 is 1.16 bits per heavy atom. The maximum Gasteiger partial charge on any atom is 0.142 e. The third-order valence-electron chi connectivity index (χ3n) is 2.50. The molecule has 0 aromatic heterocycles. The molecule has 19 heavy (non-hydrogen) atoms. The highest BCUT2D eigenvalue weighted by Gasteiger charge is 2.10. The second-order valence-electron chi connectivity index (χ2n) is 3.93. The maximum absolute atomic E-state index is 13.1. The first-order chi connectivity index (χ1) is 9.10. The fourth-order valence-electron chi connectivity index (χ4n) is 1.66. The summed E-state index contributed by atoms with van der Waals surface area (Å²) in [4.78, 5) is 0. The Morgan fingerprint density at radius 2 is 1.95 bits per heavy atom. The molecule has 0 saturated carbocycles. The molecular weight excluding hydrogens is 354 g/mol. The van der Waals surface area contributed by atoms with Crippen LogP contribution in [0.15, 0.2) is 36.4 Å². The van der Waals surface area contributed by atoms with Crippen LogP contribution in [0.4, 0.5) is 4.39 Å². The summed E-state index contributed by atoms with van der Waals surface area (Å²) in [6, 6.07) is 9.66. The molecule has 1 nitrogen and oxygen atoms in total. The van der Waals surface area contributed by atoms with E-state index in [9.17, 15) is 4.39 Å². The van der Waals surface area contributed by atoms with E-state index in [1.165, 1.54) is 12.1 Å². The zero-order valence-electron chi connectivity index (χ0n) is 9.80. The van der Waals surface area contributed by atoms with Crippen LogP contribution in [0.2, 0.25) is 10.0 Å². The van der Waals surface area contributed by atoms with Crippen molar-refractivity contribution < 1.29 is 9.13 Å². The number of alkyl halides is 1. The number of benzene rings is 2. The van der Waals surface area contributed by atoms with E-state index in [4.69, 9.17) is 27.9 Å². The van der Waals surface area contributed by atoms with E-state index in [2.05, 4.69) is 15.9 Å². The standard InChI is InChI=1S/C14H10BrCl2FO/c15-7-10-5-11(16)6-13(17)14(10)19-8-9-2-1-3-12(18)4-9/h1-6H,7-8H2. The predicted octanol–water partition coefficient (Wildman–Crippen LogP) is 5.61. The van der Waals surface area contributed by atoms with Gasteiger partial charge in [0.05, 0.1) is 5.02 Å². The van der Waals surface area contributed by atoms with Gasteiger partial charge < -0.3 is 4.74 Å². The lowest BCUT2D eigenvalue weighted by molar-refractivity contribution is 0.303. The zero-order chi connectivity index (χ0) is 13.8. The van der Waals surface area contributed by atoms with Crippen molar-refractivity contribution in [2.24, 2.45) is 0 Å². The van der Waals surface area contributed by atoms with Crippen molar-refractivity contribution in [1.29, 1.82) is 0 Å². The number of halogens is 4. The van der Waals surface area contributed by atoms with E-state index in [-0.39, 0.29) is 12.4 Å². The predicted molar refractivity (Wildman–Crippen MR) is 79.8 cm³/mol. The lowest BCUT2D eigenvalue weighted by Crippen LogP contribution is -1.99. The van der Waals surface area contributed by atoms with Gasteiger partial charge in [0.25, 0.3) is 0 Å². The molecule has 2 aromatic rings. The van der Waals surface area contributed by atoms with Crippen molar-refractivity contribution in [2.45, 2.75) is 11.9 Å². The smallest absolute Gasteiger partial charge is 0.142 e. The summed E-state index contributed by atoms with van der Waals surface area (Å²) in [5, 5.41) is 1.57. The Bertz CT molecular complexity index is 590. The molecule has 2 aromatic carbocycles. The van der Waals surface area contributed by atoms with Crippen molar-refractivity contribution in [3.8, 4) is 5.75 Å². The van der Waals surface area contributed by atoms with E-state index in [0.29, 0.717) is 21.1 Å². The van der Waals surface area contributed by atoms with Gasteiger partial charge in [0.15, 0.2) is 0 Å². The monoisotopic (exact) mass is 362 g/mol. The molecule has 0 aliphatic carbocycles. The second kappa shape index (κ2) is 6.60. The van der Waals surface area contributed by atoms with E-state index in [0.717, 1.165) is 11.1 Å². The summed E-state index contributed by atoms with van der Waals surface area (Å²) in [7, 11) is 0. The molecule has 0 heterocycles. The summed E-state index contributed by atoms with van der Waals surface area (Å²) in [6.45, 7) is 0.249. The molecule has 0 bridgehead atoms.